The Balaban J connectivity index is 2.18. The average Bonchev–Trinajstić information content (AvgIpc) is 2.84. The van der Waals surface area contributed by atoms with Gasteiger partial charge in [0.25, 0.3) is 5.91 Å². The van der Waals surface area contributed by atoms with E-state index in [1.165, 1.54) is 18.2 Å². The van der Waals surface area contributed by atoms with Crippen molar-refractivity contribution in [2.45, 2.75) is 31.7 Å². The molecule has 0 bridgehead atoms. The van der Waals surface area contributed by atoms with Crippen molar-refractivity contribution in [2.24, 2.45) is 5.73 Å². The maximum absolute atomic E-state index is 13.7. The van der Waals surface area contributed by atoms with Gasteiger partial charge in [0, 0.05) is 12.6 Å². The zero-order valence-electron chi connectivity index (χ0n) is 10.8. The van der Waals surface area contributed by atoms with Crippen molar-refractivity contribution in [2.75, 3.05) is 13.1 Å². The number of carbonyl (C=O) groups is 1. The first-order valence-corrected chi connectivity index (χ1v) is 6.63. The Morgan fingerprint density at radius 1 is 1.53 bits per heavy atom. The molecule has 0 saturated carbocycles. The summed E-state index contributed by atoms with van der Waals surface area (Å²) in [5.74, 6) is -1.39. The van der Waals surface area contributed by atoms with Gasteiger partial charge in [-0.15, -0.1) is 0 Å². The van der Waals surface area contributed by atoms with Crippen LogP contribution in [0.15, 0.2) is 18.2 Å². The van der Waals surface area contributed by atoms with Gasteiger partial charge in [0.2, 0.25) is 0 Å². The number of carbonyl (C=O) groups excluding carboxylic acids is 1. The Labute approximate surface area is 112 Å². The van der Waals surface area contributed by atoms with Gasteiger partial charge in [-0.05, 0) is 44.4 Å². The van der Waals surface area contributed by atoms with Crippen molar-refractivity contribution in [3.63, 3.8) is 0 Å². The molecule has 1 aliphatic heterocycles. The molecule has 1 amide bonds. The Morgan fingerprint density at radius 2 is 2.32 bits per heavy atom. The van der Waals surface area contributed by atoms with Gasteiger partial charge in [-0.1, -0.05) is 6.07 Å². The van der Waals surface area contributed by atoms with E-state index >= 15 is 0 Å². The van der Waals surface area contributed by atoms with Crippen LogP contribution in [0.2, 0.25) is 0 Å². The second-order valence-corrected chi connectivity index (χ2v) is 4.86. The van der Waals surface area contributed by atoms with Crippen molar-refractivity contribution in [3.05, 3.63) is 29.6 Å². The molecule has 104 valence electrons. The summed E-state index contributed by atoms with van der Waals surface area (Å²) in [4.78, 5) is 14.0. The number of phenolic OH excluding ortho intramolecular Hbond substituents is 1. The molecule has 0 aromatic heterocycles. The molecule has 1 unspecified atom stereocenters. The molecular weight excluding hydrogens is 247 g/mol. The minimum absolute atomic E-state index is 0.107. The summed E-state index contributed by atoms with van der Waals surface area (Å²) < 4.78 is 13.7. The SMILES string of the molecule is NCCCC1CCCN1C(=O)c1c(O)cccc1F. The molecule has 0 aliphatic carbocycles. The van der Waals surface area contributed by atoms with Gasteiger partial charge < -0.3 is 15.7 Å². The van der Waals surface area contributed by atoms with Crippen LogP contribution >= 0.6 is 0 Å². The third-order valence-corrected chi connectivity index (χ3v) is 3.58. The summed E-state index contributed by atoms with van der Waals surface area (Å²) in [6, 6.07) is 4.02. The lowest BCUT2D eigenvalue weighted by atomic mass is 10.1. The van der Waals surface area contributed by atoms with E-state index in [1.54, 1.807) is 4.90 Å². The molecule has 5 heteroatoms. The largest absolute Gasteiger partial charge is 0.507 e. The van der Waals surface area contributed by atoms with Gasteiger partial charge in [0.05, 0.1) is 0 Å². The zero-order chi connectivity index (χ0) is 13.8. The highest BCUT2D eigenvalue weighted by Crippen LogP contribution is 2.27. The number of rotatable bonds is 4. The van der Waals surface area contributed by atoms with E-state index in [9.17, 15) is 14.3 Å². The molecule has 1 saturated heterocycles. The third kappa shape index (κ3) is 2.87. The van der Waals surface area contributed by atoms with Crippen LogP contribution in [0.3, 0.4) is 0 Å². The van der Waals surface area contributed by atoms with E-state index in [2.05, 4.69) is 0 Å². The summed E-state index contributed by atoms with van der Waals surface area (Å²) in [5, 5.41) is 9.68. The van der Waals surface area contributed by atoms with Crippen molar-refractivity contribution in [3.8, 4) is 5.75 Å². The van der Waals surface area contributed by atoms with Gasteiger partial charge in [0.15, 0.2) is 0 Å². The fourth-order valence-electron chi connectivity index (χ4n) is 2.62. The molecule has 0 radical (unpaired) electrons. The Kier molecular flexibility index (Phi) is 4.37. The molecule has 2 rings (SSSR count). The summed E-state index contributed by atoms with van der Waals surface area (Å²) in [6.07, 6.45) is 3.51. The number of hydrogen-bond donors (Lipinski definition) is 2. The van der Waals surface area contributed by atoms with Gasteiger partial charge in [-0.2, -0.15) is 0 Å². The second-order valence-electron chi connectivity index (χ2n) is 4.86. The van der Waals surface area contributed by atoms with Gasteiger partial charge in [-0.25, -0.2) is 4.39 Å². The number of nitrogens with two attached hydrogens (primary N) is 1. The molecule has 1 fully saturated rings. The quantitative estimate of drug-likeness (QED) is 0.874. The fourth-order valence-corrected chi connectivity index (χ4v) is 2.62. The molecule has 0 spiro atoms. The van der Waals surface area contributed by atoms with Crippen molar-refractivity contribution >= 4 is 5.91 Å². The maximum Gasteiger partial charge on any atom is 0.260 e. The third-order valence-electron chi connectivity index (χ3n) is 3.58. The number of aromatic hydroxyl groups is 1. The first-order valence-electron chi connectivity index (χ1n) is 6.63. The monoisotopic (exact) mass is 266 g/mol. The number of hydrogen-bond acceptors (Lipinski definition) is 3. The number of amides is 1. The molecule has 1 heterocycles. The highest BCUT2D eigenvalue weighted by atomic mass is 19.1. The number of likely N-dealkylation sites (tertiary alicyclic amines) is 1. The van der Waals surface area contributed by atoms with Crippen LogP contribution in [0.1, 0.15) is 36.0 Å². The Bertz CT molecular complexity index is 445. The highest BCUT2D eigenvalue weighted by molar-refractivity contribution is 5.97. The molecular formula is C14H19FN2O2. The standard InChI is InChI=1S/C14H19FN2O2/c15-11-6-1-7-12(18)13(11)14(19)17-9-3-5-10(17)4-2-8-16/h1,6-7,10,18H,2-5,8-9,16H2. The number of benzene rings is 1. The molecule has 1 aromatic carbocycles. The van der Waals surface area contributed by atoms with Crippen LogP contribution in [0, 0.1) is 5.82 Å². The summed E-state index contributed by atoms with van der Waals surface area (Å²) in [7, 11) is 0. The molecule has 1 aliphatic rings. The van der Waals surface area contributed by atoms with Crippen LogP contribution in [-0.4, -0.2) is 35.0 Å². The van der Waals surface area contributed by atoms with E-state index < -0.39 is 11.7 Å². The van der Waals surface area contributed by atoms with Crippen LogP contribution in [0.25, 0.3) is 0 Å². The van der Waals surface area contributed by atoms with Crippen molar-refractivity contribution in [1.29, 1.82) is 0 Å². The van der Waals surface area contributed by atoms with Gasteiger partial charge >= 0.3 is 0 Å². The first-order chi connectivity index (χ1) is 9.15. The van der Waals surface area contributed by atoms with E-state index in [1.807, 2.05) is 0 Å². The summed E-state index contributed by atoms with van der Waals surface area (Å²) in [6.45, 7) is 1.20. The van der Waals surface area contributed by atoms with Crippen molar-refractivity contribution < 1.29 is 14.3 Å². The number of nitrogens with zero attached hydrogens (tertiary/aromatic N) is 1. The van der Waals surface area contributed by atoms with Gasteiger partial charge in [-0.3, -0.25) is 4.79 Å². The molecule has 1 atom stereocenters. The topological polar surface area (TPSA) is 66.6 Å². The normalized spacial score (nSPS) is 18.8. The van der Waals surface area contributed by atoms with E-state index in [0.717, 1.165) is 25.7 Å². The Hall–Kier alpha value is -1.62. The molecule has 19 heavy (non-hydrogen) atoms. The van der Waals surface area contributed by atoms with E-state index in [4.69, 9.17) is 5.73 Å². The fraction of sp³-hybridized carbons (Fsp3) is 0.500. The van der Waals surface area contributed by atoms with Crippen LogP contribution < -0.4 is 5.73 Å². The second kappa shape index (κ2) is 6.02. The first kappa shape index (κ1) is 13.8. The van der Waals surface area contributed by atoms with Gasteiger partial charge in [0.1, 0.15) is 17.1 Å². The average molecular weight is 266 g/mol. The predicted molar refractivity (Wildman–Crippen MR) is 70.4 cm³/mol. The lowest BCUT2D eigenvalue weighted by Crippen LogP contribution is -2.36. The van der Waals surface area contributed by atoms with Crippen LogP contribution in [0.5, 0.6) is 5.75 Å². The van der Waals surface area contributed by atoms with Crippen molar-refractivity contribution in [1.82, 2.24) is 4.90 Å². The summed E-state index contributed by atoms with van der Waals surface area (Å²) >= 11 is 0. The summed E-state index contributed by atoms with van der Waals surface area (Å²) in [5.41, 5.74) is 5.26. The molecule has 1 aromatic rings. The number of halogens is 1. The molecule has 4 nitrogen and oxygen atoms in total. The number of phenols is 1. The minimum Gasteiger partial charge on any atom is -0.507 e. The lowest BCUT2D eigenvalue weighted by Gasteiger charge is -2.25. The smallest absolute Gasteiger partial charge is 0.260 e. The predicted octanol–water partition coefficient (Wildman–Crippen LogP) is 1.87. The van der Waals surface area contributed by atoms with Crippen LogP contribution in [0.4, 0.5) is 4.39 Å². The minimum atomic E-state index is -0.672. The van der Waals surface area contributed by atoms with Crippen LogP contribution in [-0.2, 0) is 0 Å². The van der Waals surface area contributed by atoms with E-state index in [0.29, 0.717) is 13.1 Å². The zero-order valence-corrected chi connectivity index (χ0v) is 10.8. The Morgan fingerprint density at radius 3 is 3.00 bits per heavy atom. The lowest BCUT2D eigenvalue weighted by molar-refractivity contribution is 0.0721. The maximum atomic E-state index is 13.7. The van der Waals surface area contributed by atoms with E-state index in [-0.39, 0.29) is 17.4 Å². The molecule has 3 N–H and O–H groups in total. The highest BCUT2D eigenvalue weighted by Gasteiger charge is 2.31.